The van der Waals surface area contributed by atoms with Crippen LogP contribution in [0.1, 0.15) is 76.5 Å². The molecule has 1 aliphatic heterocycles. The predicted octanol–water partition coefficient (Wildman–Crippen LogP) is 4.04. The van der Waals surface area contributed by atoms with Gasteiger partial charge in [0.1, 0.15) is 5.84 Å². The van der Waals surface area contributed by atoms with Crippen LogP contribution in [0.5, 0.6) is 0 Å². The number of piperidine rings is 1. The van der Waals surface area contributed by atoms with Crippen LogP contribution in [0, 0.1) is 5.92 Å². The highest BCUT2D eigenvalue weighted by molar-refractivity contribution is 6.02. The Morgan fingerprint density at radius 3 is 2.67 bits per heavy atom. The third-order valence-electron chi connectivity index (χ3n) is 7.26. The van der Waals surface area contributed by atoms with Gasteiger partial charge in [-0.25, -0.2) is 9.97 Å². The van der Waals surface area contributed by atoms with E-state index in [4.69, 9.17) is 15.0 Å². The van der Waals surface area contributed by atoms with E-state index in [1.807, 2.05) is 13.2 Å². The van der Waals surface area contributed by atoms with E-state index in [0.29, 0.717) is 23.9 Å². The molecular formula is C26H44N6O. The van der Waals surface area contributed by atoms with E-state index in [2.05, 4.69) is 49.6 Å². The van der Waals surface area contributed by atoms with Gasteiger partial charge in [0, 0.05) is 38.4 Å². The Labute approximate surface area is 200 Å². The standard InChI is InChI=1S/C26H44N6O/c1-7-9-18(2)29-26-28-16-23(24(30-26)19(3)20-11-13-22(33)14-12-20)25(27-4)32-15-8-10-21(17-32)31(5)6/h16,18,20-22,33H,3,7-15,17H2,1-2,4-6H3,(H,28,29,30)/t18?,20?,21-,22?/m1/s1. The number of hydrogen-bond donors (Lipinski definition) is 2. The Morgan fingerprint density at radius 2 is 2.03 bits per heavy atom. The van der Waals surface area contributed by atoms with Crippen LogP contribution < -0.4 is 5.32 Å². The zero-order chi connectivity index (χ0) is 24.0. The average Bonchev–Trinajstić information content (AvgIpc) is 2.80. The average molecular weight is 457 g/mol. The number of amidine groups is 1. The van der Waals surface area contributed by atoms with E-state index in [1.165, 1.54) is 6.42 Å². The summed E-state index contributed by atoms with van der Waals surface area (Å²) in [6.45, 7) is 10.8. The van der Waals surface area contributed by atoms with Gasteiger partial charge in [0.2, 0.25) is 5.95 Å². The zero-order valence-corrected chi connectivity index (χ0v) is 21.3. The molecule has 0 bridgehead atoms. The quantitative estimate of drug-likeness (QED) is 0.454. The maximum absolute atomic E-state index is 10.00. The second-order valence-corrected chi connectivity index (χ2v) is 10.1. The second-order valence-electron chi connectivity index (χ2n) is 10.1. The minimum atomic E-state index is -0.185. The van der Waals surface area contributed by atoms with E-state index < -0.39 is 0 Å². The van der Waals surface area contributed by atoms with Crippen molar-refractivity contribution in [3.05, 3.63) is 24.0 Å². The van der Waals surface area contributed by atoms with Crippen LogP contribution in [-0.4, -0.2) is 83.1 Å². The summed E-state index contributed by atoms with van der Waals surface area (Å²) in [4.78, 5) is 19.1. The number of aliphatic imine (C=N–C) groups is 1. The fourth-order valence-corrected chi connectivity index (χ4v) is 5.20. The Bertz CT molecular complexity index is 815. The van der Waals surface area contributed by atoms with Crippen molar-refractivity contribution in [2.75, 3.05) is 39.5 Å². The maximum atomic E-state index is 10.00. The van der Waals surface area contributed by atoms with E-state index in [1.54, 1.807) is 0 Å². The molecule has 0 radical (unpaired) electrons. The summed E-state index contributed by atoms with van der Waals surface area (Å²) in [5, 5.41) is 13.5. The number of aromatic nitrogens is 2. The number of aliphatic hydroxyl groups excluding tert-OH is 1. The number of aliphatic hydroxyl groups is 1. The van der Waals surface area contributed by atoms with Crippen LogP contribution in [0.2, 0.25) is 0 Å². The third-order valence-corrected chi connectivity index (χ3v) is 7.26. The summed E-state index contributed by atoms with van der Waals surface area (Å²) in [7, 11) is 6.18. The molecule has 33 heavy (non-hydrogen) atoms. The number of anilines is 1. The predicted molar refractivity (Wildman–Crippen MR) is 138 cm³/mol. The molecule has 0 aromatic carbocycles. The summed E-state index contributed by atoms with van der Waals surface area (Å²) < 4.78 is 0. The second kappa shape index (κ2) is 11.9. The van der Waals surface area contributed by atoms with E-state index in [9.17, 15) is 5.11 Å². The largest absolute Gasteiger partial charge is 0.393 e. The molecule has 7 heteroatoms. The van der Waals surface area contributed by atoms with Gasteiger partial charge in [-0.3, -0.25) is 4.99 Å². The van der Waals surface area contributed by atoms with Crippen molar-refractivity contribution in [3.8, 4) is 0 Å². The highest BCUT2D eigenvalue weighted by Crippen LogP contribution is 2.35. The molecule has 1 aliphatic carbocycles. The summed E-state index contributed by atoms with van der Waals surface area (Å²) in [6.07, 6.45) is 9.85. The first-order chi connectivity index (χ1) is 15.8. The van der Waals surface area contributed by atoms with Crippen LogP contribution in [0.4, 0.5) is 5.95 Å². The minimum absolute atomic E-state index is 0.185. The van der Waals surface area contributed by atoms with Crippen molar-refractivity contribution in [2.24, 2.45) is 10.9 Å². The van der Waals surface area contributed by atoms with Crippen molar-refractivity contribution in [3.63, 3.8) is 0 Å². The van der Waals surface area contributed by atoms with Crippen molar-refractivity contribution < 1.29 is 5.11 Å². The molecule has 0 spiro atoms. The zero-order valence-electron chi connectivity index (χ0n) is 21.3. The Kier molecular flexibility index (Phi) is 9.27. The number of rotatable bonds is 8. The lowest BCUT2D eigenvalue weighted by atomic mass is 9.81. The molecule has 2 fully saturated rings. The first-order valence-corrected chi connectivity index (χ1v) is 12.7. The highest BCUT2D eigenvalue weighted by atomic mass is 16.3. The van der Waals surface area contributed by atoms with Crippen LogP contribution >= 0.6 is 0 Å². The Hall–Kier alpha value is -1.99. The van der Waals surface area contributed by atoms with Crippen LogP contribution in [-0.2, 0) is 0 Å². The molecule has 0 amide bonds. The number of likely N-dealkylation sites (N-methyl/N-ethyl adjacent to an activating group) is 1. The topological polar surface area (TPSA) is 76.9 Å². The monoisotopic (exact) mass is 456 g/mol. The van der Waals surface area contributed by atoms with Crippen molar-refractivity contribution in [1.82, 2.24) is 19.8 Å². The van der Waals surface area contributed by atoms with Crippen molar-refractivity contribution in [2.45, 2.75) is 83.4 Å². The van der Waals surface area contributed by atoms with E-state index in [0.717, 1.165) is 80.7 Å². The third kappa shape index (κ3) is 6.54. The van der Waals surface area contributed by atoms with Crippen LogP contribution in [0.15, 0.2) is 17.8 Å². The molecule has 2 aliphatic rings. The minimum Gasteiger partial charge on any atom is -0.393 e. The molecular weight excluding hydrogens is 412 g/mol. The highest BCUT2D eigenvalue weighted by Gasteiger charge is 2.29. The summed E-state index contributed by atoms with van der Waals surface area (Å²) in [6, 6.07) is 0.827. The number of allylic oxidation sites excluding steroid dienone is 1. The van der Waals surface area contributed by atoms with Gasteiger partial charge in [0.15, 0.2) is 0 Å². The first kappa shape index (κ1) is 25.6. The molecule has 1 saturated heterocycles. The normalized spacial score (nSPS) is 25.2. The lowest BCUT2D eigenvalue weighted by Gasteiger charge is -2.38. The maximum Gasteiger partial charge on any atom is 0.223 e. The van der Waals surface area contributed by atoms with Gasteiger partial charge >= 0.3 is 0 Å². The molecule has 1 aromatic heterocycles. The molecule has 3 rings (SSSR count). The lowest BCUT2D eigenvalue weighted by molar-refractivity contribution is 0.119. The van der Waals surface area contributed by atoms with E-state index in [-0.39, 0.29) is 6.10 Å². The number of hydrogen-bond acceptors (Lipinski definition) is 6. The molecule has 1 unspecified atom stereocenters. The van der Waals surface area contributed by atoms with Gasteiger partial charge in [-0.1, -0.05) is 19.9 Å². The Morgan fingerprint density at radius 1 is 1.30 bits per heavy atom. The van der Waals surface area contributed by atoms with Crippen molar-refractivity contribution in [1.29, 1.82) is 0 Å². The van der Waals surface area contributed by atoms with Gasteiger partial charge in [0.25, 0.3) is 0 Å². The lowest BCUT2D eigenvalue weighted by Crippen LogP contribution is -2.48. The smallest absolute Gasteiger partial charge is 0.223 e. The Balaban J connectivity index is 1.93. The fourth-order valence-electron chi connectivity index (χ4n) is 5.20. The first-order valence-electron chi connectivity index (χ1n) is 12.7. The summed E-state index contributed by atoms with van der Waals surface area (Å²) in [5.41, 5.74) is 2.93. The fraction of sp³-hybridized carbons (Fsp3) is 0.731. The molecule has 1 saturated carbocycles. The summed E-state index contributed by atoms with van der Waals surface area (Å²) >= 11 is 0. The van der Waals surface area contributed by atoms with Crippen molar-refractivity contribution >= 4 is 17.4 Å². The molecule has 2 N–H and O–H groups in total. The van der Waals surface area contributed by atoms with Gasteiger partial charge < -0.3 is 20.2 Å². The van der Waals surface area contributed by atoms with E-state index >= 15 is 0 Å². The van der Waals surface area contributed by atoms with Gasteiger partial charge in [-0.15, -0.1) is 0 Å². The molecule has 2 atom stereocenters. The van der Waals surface area contributed by atoms with Crippen LogP contribution in [0.3, 0.4) is 0 Å². The van der Waals surface area contributed by atoms with Gasteiger partial charge in [-0.05, 0) is 77.5 Å². The van der Waals surface area contributed by atoms with Crippen LogP contribution in [0.25, 0.3) is 5.57 Å². The number of nitrogens with zero attached hydrogens (tertiary/aromatic N) is 5. The number of nitrogens with one attached hydrogen (secondary N) is 1. The number of likely N-dealkylation sites (tertiary alicyclic amines) is 1. The van der Waals surface area contributed by atoms with Gasteiger partial charge in [-0.2, -0.15) is 0 Å². The molecule has 7 nitrogen and oxygen atoms in total. The SMILES string of the molecule is C=C(c1nc(NC(C)CCC)ncc1C(=NC)N1CCC[C@@H](N(C)C)C1)C1CCC(O)CC1. The van der Waals surface area contributed by atoms with Gasteiger partial charge in [0.05, 0.1) is 17.4 Å². The molecule has 2 heterocycles. The molecule has 1 aromatic rings. The summed E-state index contributed by atoms with van der Waals surface area (Å²) in [5.74, 6) is 1.95. The molecule has 184 valence electrons.